The van der Waals surface area contributed by atoms with Gasteiger partial charge in [-0.1, -0.05) is 128 Å². The third kappa shape index (κ3) is 61.0. The van der Waals surface area contributed by atoms with Crippen LogP contribution in [0.5, 0.6) is 0 Å². The summed E-state index contributed by atoms with van der Waals surface area (Å²) in [4.78, 5) is 39.7. The quantitative estimate of drug-likeness (QED) is 0.0153. The lowest BCUT2D eigenvalue weighted by Gasteiger charge is -2.66. The van der Waals surface area contributed by atoms with Crippen LogP contribution in [0, 0.1) is 0 Å². The Morgan fingerprint density at radius 2 is 0.778 bits per heavy atom. The van der Waals surface area contributed by atoms with Gasteiger partial charge in [0, 0.05) is 45.1 Å². The van der Waals surface area contributed by atoms with E-state index in [2.05, 4.69) is 102 Å². The van der Waals surface area contributed by atoms with E-state index < -0.39 is 81.6 Å². The fraction of sp³-hybridized carbons (Fsp3) is 0.933. The molecule has 0 aromatic rings. The number of nitrogens with two attached hydrogens (primary N) is 2. The van der Waals surface area contributed by atoms with Crippen molar-refractivity contribution in [3.63, 3.8) is 0 Å². The van der Waals surface area contributed by atoms with Crippen molar-refractivity contribution < 1.29 is 78.2 Å². The lowest BCUT2D eigenvalue weighted by atomic mass is 9.58. The Morgan fingerprint density at radius 3 is 1.22 bits per heavy atom. The summed E-state index contributed by atoms with van der Waals surface area (Å²) >= 11 is 0. The van der Waals surface area contributed by atoms with Crippen LogP contribution < -0.4 is 75.3 Å². The molecule has 1 heterocycles. The highest BCUT2D eigenvalue weighted by Crippen LogP contribution is 2.54. The standard InChI is InChI=1S/C105H214N14O16/c1-16-18-20-22-24-26-28-30-32-34-36-38-40-42-59-93(123)117-77-45-44-58-92(119-94(124)60-43-41-39-37-35-33-31-29-27-25-23-21-19-17-2)95(125)118-79-57-74-113-68-51-50-67-112-73-56-78-116-91(4)99(9,131-80-90(3)122)87-129-86-98(8,82-115-76-55-72-111-66-49-47-64-109-70-53-62-107)134-102(12,84-121)132-89-101(11)104(14,127)105(15,128)103(13,126)100(10,135-101)88-130-85-97(7,133-96(5,6)83-120)81-114-75-54-71-110-65-48-46-63-108-69-52-61-106/h30-33,90-92,108-116,120-122,126-128H,16-29,34-89,106-107H2,1-15H3,(H,117,123)(H,118,125)(H,119,124)/b32-30-,33-31-/t90?,91?,92?,97?,98?,99-,100-,101?,102+,103?,104+,105-/m1/s1. The van der Waals surface area contributed by atoms with Crippen molar-refractivity contribution in [1.82, 2.24) is 63.8 Å². The molecular formula is C105H214N14O16. The molecule has 1 aliphatic heterocycles. The topological polar surface area (TPSA) is 434 Å². The summed E-state index contributed by atoms with van der Waals surface area (Å²) in [6.07, 6.45) is 51.5. The van der Waals surface area contributed by atoms with Crippen molar-refractivity contribution in [2.75, 3.05) is 190 Å². The highest BCUT2D eigenvalue weighted by atomic mass is 16.7. The van der Waals surface area contributed by atoms with Gasteiger partial charge in [0.25, 0.3) is 0 Å². The van der Waals surface area contributed by atoms with Crippen molar-refractivity contribution in [3.05, 3.63) is 24.3 Å². The number of aliphatic hydroxyl groups excluding tert-OH is 3. The summed E-state index contributed by atoms with van der Waals surface area (Å²) in [6.45, 7) is 40.6. The van der Waals surface area contributed by atoms with Crippen LogP contribution in [0.4, 0.5) is 0 Å². The number of hydrogen-bond donors (Lipinski definition) is 20. The lowest BCUT2D eigenvalue weighted by molar-refractivity contribution is -0.418. The number of unbranched alkanes of at least 4 members (excludes halogenated alkanes) is 24. The largest absolute Gasteiger partial charge is 0.393 e. The number of aliphatic hydroxyl groups is 6. The number of carbonyl (C=O) groups excluding carboxylic acids is 3. The SMILES string of the molecule is CCCCCCCC/C=C\CCCCCCC(=O)NCCCCC(NC(=O)CCCCCC/C=C\CCCCCCCC)C(=O)NCCCNCCCCNCCCNC(C)[C@@](C)(COCC(C)(CNCCCNCCCCNCCCN)O[C@@](C)(CO)OCC1(C)O[C@](C)(COCC(C)(CNCCCNCCCCNCCCN)OC(C)(C)CO)C(C)(O)[C@@](C)(O)[C@@]1(C)O)OCC(C)O. The zero-order chi connectivity index (χ0) is 100. The van der Waals surface area contributed by atoms with Crippen molar-refractivity contribution in [2.45, 2.75) is 441 Å². The van der Waals surface area contributed by atoms with E-state index in [1.165, 1.54) is 104 Å². The fourth-order valence-corrected chi connectivity index (χ4v) is 17.0. The molecule has 1 saturated heterocycles. The smallest absolute Gasteiger partial charge is 0.242 e. The maximum atomic E-state index is 13.7. The maximum absolute atomic E-state index is 13.7. The van der Waals surface area contributed by atoms with E-state index in [1.807, 2.05) is 27.7 Å². The molecule has 3 amide bonds. The van der Waals surface area contributed by atoms with E-state index in [9.17, 15) is 45.0 Å². The lowest BCUT2D eigenvalue weighted by Crippen LogP contribution is -2.85. The molecule has 800 valence electrons. The zero-order valence-electron chi connectivity index (χ0n) is 89.0. The molecule has 0 aromatic heterocycles. The van der Waals surface area contributed by atoms with E-state index in [0.29, 0.717) is 78.0 Å². The van der Waals surface area contributed by atoms with Gasteiger partial charge in [-0.05, 0) is 362 Å². The Morgan fingerprint density at radius 1 is 0.400 bits per heavy atom. The maximum Gasteiger partial charge on any atom is 0.242 e. The van der Waals surface area contributed by atoms with E-state index in [-0.39, 0.29) is 69.9 Å². The minimum atomic E-state index is -2.27. The first-order chi connectivity index (χ1) is 64.5. The second-order valence-corrected chi connectivity index (χ2v) is 41.4. The summed E-state index contributed by atoms with van der Waals surface area (Å²) in [7, 11) is 0. The molecule has 0 bridgehead atoms. The number of ether oxygens (including phenoxy) is 7. The number of carbonyl (C=O) groups is 3. The van der Waals surface area contributed by atoms with Gasteiger partial charge < -0.3 is 139 Å². The van der Waals surface area contributed by atoms with Crippen LogP contribution in [0.25, 0.3) is 0 Å². The fourth-order valence-electron chi connectivity index (χ4n) is 17.0. The van der Waals surface area contributed by atoms with Gasteiger partial charge in [0.1, 0.15) is 50.9 Å². The molecule has 1 aliphatic rings. The van der Waals surface area contributed by atoms with Crippen LogP contribution in [0.3, 0.4) is 0 Å². The van der Waals surface area contributed by atoms with E-state index in [4.69, 9.17) is 44.6 Å². The van der Waals surface area contributed by atoms with E-state index in [1.54, 1.807) is 41.5 Å². The number of nitrogens with one attached hydrogen (secondary N) is 12. The van der Waals surface area contributed by atoms with Gasteiger partial charge in [0.2, 0.25) is 17.7 Å². The van der Waals surface area contributed by atoms with Gasteiger partial charge in [-0.15, -0.1) is 0 Å². The number of hydrogen-bond acceptors (Lipinski definition) is 27. The second-order valence-electron chi connectivity index (χ2n) is 41.4. The summed E-state index contributed by atoms with van der Waals surface area (Å²) in [5.41, 5.74) is -2.88. The Hall–Kier alpha value is -3.07. The molecule has 30 nitrogen and oxygen atoms in total. The molecule has 0 spiro atoms. The molecule has 7 unspecified atom stereocenters. The summed E-state index contributed by atoms with van der Waals surface area (Å²) in [6, 6.07) is -0.861. The molecule has 1 fully saturated rings. The Bertz CT molecular complexity index is 2900. The van der Waals surface area contributed by atoms with Crippen LogP contribution in [0.2, 0.25) is 0 Å². The predicted octanol–water partition coefficient (Wildman–Crippen LogP) is 11.5. The first-order valence-electron chi connectivity index (χ1n) is 54.1. The molecule has 0 radical (unpaired) electrons. The number of allylic oxidation sites excluding steroid dienone is 4. The Kier molecular flexibility index (Phi) is 75.4. The second kappa shape index (κ2) is 78.4. The van der Waals surface area contributed by atoms with Crippen molar-refractivity contribution in [3.8, 4) is 0 Å². The average Bonchev–Trinajstić information content (AvgIpc) is 0.686. The van der Waals surface area contributed by atoms with Crippen molar-refractivity contribution >= 4 is 17.7 Å². The number of rotatable bonds is 98. The molecule has 30 heteroatoms. The van der Waals surface area contributed by atoms with Gasteiger partial charge in [-0.25, -0.2) is 0 Å². The van der Waals surface area contributed by atoms with Gasteiger partial charge in [0.15, 0.2) is 5.79 Å². The van der Waals surface area contributed by atoms with Crippen LogP contribution in [0.1, 0.15) is 367 Å². The normalized spacial score (nSPS) is 20.9. The third-order valence-electron chi connectivity index (χ3n) is 26.8. The van der Waals surface area contributed by atoms with E-state index in [0.717, 1.165) is 233 Å². The average molecular weight is 1930 g/mol. The molecule has 12 atom stereocenters. The highest BCUT2D eigenvalue weighted by Gasteiger charge is 2.74. The highest BCUT2D eigenvalue weighted by molar-refractivity contribution is 5.87. The summed E-state index contributed by atoms with van der Waals surface area (Å²) in [5, 5.41) is 111. The first kappa shape index (κ1) is 130. The molecule has 0 aliphatic carbocycles. The van der Waals surface area contributed by atoms with Gasteiger partial charge >= 0.3 is 0 Å². The predicted molar refractivity (Wildman–Crippen MR) is 554 cm³/mol. The van der Waals surface area contributed by atoms with Gasteiger partial charge in [-0.3, -0.25) is 14.4 Å². The monoisotopic (exact) mass is 1930 g/mol. The van der Waals surface area contributed by atoms with Crippen LogP contribution in [-0.2, 0) is 47.5 Å². The van der Waals surface area contributed by atoms with Crippen molar-refractivity contribution in [2.24, 2.45) is 11.5 Å². The van der Waals surface area contributed by atoms with Gasteiger partial charge in [-0.2, -0.15) is 0 Å². The summed E-state index contributed by atoms with van der Waals surface area (Å²) < 4.78 is 46.7. The van der Waals surface area contributed by atoms with E-state index >= 15 is 0 Å². The summed E-state index contributed by atoms with van der Waals surface area (Å²) in [5.74, 6) is -1.93. The first-order valence-corrected chi connectivity index (χ1v) is 54.1. The molecule has 1 rings (SSSR count). The minimum absolute atomic E-state index is 0.00208. The zero-order valence-corrected chi connectivity index (χ0v) is 89.0. The number of amides is 3. The molecule has 0 saturated carbocycles. The molecule has 135 heavy (non-hydrogen) atoms. The van der Waals surface area contributed by atoms with Gasteiger partial charge in [0.05, 0.1) is 64.6 Å². The van der Waals surface area contributed by atoms with Crippen molar-refractivity contribution in [1.29, 1.82) is 0 Å². The van der Waals surface area contributed by atoms with Crippen LogP contribution in [0.15, 0.2) is 24.3 Å². The molecule has 0 aromatic carbocycles. The molecular weight excluding hydrogens is 1710 g/mol. The molecule has 22 N–H and O–H groups in total. The third-order valence-corrected chi connectivity index (χ3v) is 26.8. The minimum Gasteiger partial charge on any atom is -0.393 e. The van der Waals surface area contributed by atoms with Crippen LogP contribution >= 0.6 is 0 Å². The van der Waals surface area contributed by atoms with Crippen LogP contribution in [-0.4, -0.2) is 313 Å². The Balaban J connectivity index is 3.03. The Labute approximate surface area is 823 Å².